The van der Waals surface area contributed by atoms with Crippen LogP contribution in [0.3, 0.4) is 0 Å². The molecule has 2 aromatic heterocycles. The smallest absolute Gasteiger partial charge is 0.0607 e. The van der Waals surface area contributed by atoms with Crippen molar-refractivity contribution in [3.63, 3.8) is 0 Å². The van der Waals surface area contributed by atoms with Crippen molar-refractivity contribution in [2.45, 2.75) is 38.3 Å². The van der Waals surface area contributed by atoms with Gasteiger partial charge in [-0.15, -0.1) is 0 Å². The van der Waals surface area contributed by atoms with E-state index < -0.39 is 0 Å². The van der Waals surface area contributed by atoms with E-state index in [4.69, 9.17) is 9.97 Å². The molecule has 0 aliphatic heterocycles. The van der Waals surface area contributed by atoms with Gasteiger partial charge in [-0.2, -0.15) is 0 Å². The fourth-order valence-electron chi connectivity index (χ4n) is 4.61. The van der Waals surface area contributed by atoms with Crippen LogP contribution in [0.5, 0.6) is 0 Å². The van der Waals surface area contributed by atoms with Crippen molar-refractivity contribution in [2.75, 3.05) is 7.05 Å². The first-order valence-electron chi connectivity index (χ1n) is 9.50. The highest BCUT2D eigenvalue weighted by Crippen LogP contribution is 2.38. The standard InChI is InChI=1S/C23H23N3/c1-26(22-10-4-7-16-8-5-12-25-23(16)22)15-21-20-14-17-6-2-3-9-18(17)19(20)11-13-24-21/h2-3,5-6,8-9,11-13,22H,4,7,10,14-15H2,1H3/t22-/m0/s1. The van der Waals surface area contributed by atoms with Crippen LogP contribution in [0, 0.1) is 0 Å². The zero-order valence-corrected chi connectivity index (χ0v) is 15.2. The van der Waals surface area contributed by atoms with Gasteiger partial charge in [-0.25, -0.2) is 0 Å². The largest absolute Gasteiger partial charge is 0.292 e. The third-order valence-electron chi connectivity index (χ3n) is 5.92. The number of aryl methyl sites for hydroxylation is 1. The molecule has 0 spiro atoms. The Hall–Kier alpha value is -2.52. The molecule has 0 unspecified atom stereocenters. The molecule has 0 saturated carbocycles. The third kappa shape index (κ3) is 2.55. The lowest BCUT2D eigenvalue weighted by Gasteiger charge is -2.32. The average Bonchev–Trinajstić information content (AvgIpc) is 3.07. The number of hydrogen-bond acceptors (Lipinski definition) is 3. The van der Waals surface area contributed by atoms with Crippen molar-refractivity contribution in [3.8, 4) is 11.1 Å². The maximum absolute atomic E-state index is 4.76. The quantitative estimate of drug-likeness (QED) is 0.547. The van der Waals surface area contributed by atoms with Gasteiger partial charge in [0, 0.05) is 25.4 Å². The van der Waals surface area contributed by atoms with E-state index in [0.29, 0.717) is 6.04 Å². The summed E-state index contributed by atoms with van der Waals surface area (Å²) in [6.07, 6.45) is 8.47. The Kier molecular flexibility index (Phi) is 3.83. The zero-order chi connectivity index (χ0) is 17.5. The fraction of sp³-hybridized carbons (Fsp3) is 0.304. The zero-order valence-electron chi connectivity index (χ0n) is 15.2. The van der Waals surface area contributed by atoms with E-state index in [1.165, 1.54) is 52.0 Å². The minimum atomic E-state index is 0.390. The number of aromatic nitrogens is 2. The summed E-state index contributed by atoms with van der Waals surface area (Å²) in [6.45, 7) is 0.873. The van der Waals surface area contributed by atoms with Gasteiger partial charge in [0.05, 0.1) is 17.4 Å². The highest BCUT2D eigenvalue weighted by atomic mass is 15.1. The van der Waals surface area contributed by atoms with Gasteiger partial charge in [-0.3, -0.25) is 14.9 Å². The Morgan fingerprint density at radius 3 is 2.81 bits per heavy atom. The van der Waals surface area contributed by atoms with Crippen LogP contribution in [0.25, 0.3) is 11.1 Å². The maximum atomic E-state index is 4.76. The van der Waals surface area contributed by atoms with Crippen molar-refractivity contribution >= 4 is 0 Å². The van der Waals surface area contributed by atoms with Gasteiger partial charge < -0.3 is 0 Å². The topological polar surface area (TPSA) is 29.0 Å². The van der Waals surface area contributed by atoms with Crippen LogP contribution >= 0.6 is 0 Å². The van der Waals surface area contributed by atoms with Crippen LogP contribution in [0.2, 0.25) is 0 Å². The fourth-order valence-corrected chi connectivity index (χ4v) is 4.61. The summed E-state index contributed by atoms with van der Waals surface area (Å²) in [5, 5.41) is 0. The maximum Gasteiger partial charge on any atom is 0.0607 e. The number of pyridine rings is 2. The van der Waals surface area contributed by atoms with Crippen molar-refractivity contribution in [2.24, 2.45) is 0 Å². The Morgan fingerprint density at radius 2 is 1.85 bits per heavy atom. The Bertz CT molecular complexity index is 963. The molecule has 3 heteroatoms. The molecule has 2 heterocycles. The van der Waals surface area contributed by atoms with Gasteiger partial charge in [0.25, 0.3) is 0 Å². The molecule has 26 heavy (non-hydrogen) atoms. The van der Waals surface area contributed by atoms with Gasteiger partial charge in [0.1, 0.15) is 0 Å². The number of rotatable bonds is 3. The van der Waals surface area contributed by atoms with Gasteiger partial charge in [0.15, 0.2) is 0 Å². The Labute approximate surface area is 154 Å². The molecule has 0 radical (unpaired) electrons. The van der Waals surface area contributed by atoms with Crippen LogP contribution < -0.4 is 0 Å². The predicted molar refractivity (Wildman–Crippen MR) is 104 cm³/mol. The Morgan fingerprint density at radius 1 is 0.962 bits per heavy atom. The van der Waals surface area contributed by atoms with Gasteiger partial charge in [-0.1, -0.05) is 30.3 Å². The predicted octanol–water partition coefficient (Wildman–Crippen LogP) is 4.56. The normalized spacial score (nSPS) is 17.7. The summed E-state index contributed by atoms with van der Waals surface area (Å²) < 4.78 is 0. The van der Waals surface area contributed by atoms with Crippen molar-refractivity contribution < 1.29 is 0 Å². The SMILES string of the molecule is CN(Cc1nccc2c1Cc1ccccc1-2)[C@H]1CCCc2cccnc21. The number of fused-ring (bicyclic) bond motifs is 4. The molecule has 5 rings (SSSR count). The van der Waals surface area contributed by atoms with Crippen LogP contribution in [-0.4, -0.2) is 21.9 Å². The highest BCUT2D eigenvalue weighted by molar-refractivity contribution is 5.77. The first-order chi connectivity index (χ1) is 12.8. The van der Waals surface area contributed by atoms with E-state index >= 15 is 0 Å². The molecule has 2 aliphatic carbocycles. The summed E-state index contributed by atoms with van der Waals surface area (Å²) in [5.74, 6) is 0. The van der Waals surface area contributed by atoms with E-state index in [9.17, 15) is 0 Å². The molecule has 0 amide bonds. The van der Waals surface area contributed by atoms with Crippen LogP contribution in [0.1, 0.15) is 47.0 Å². The summed E-state index contributed by atoms with van der Waals surface area (Å²) in [7, 11) is 2.22. The van der Waals surface area contributed by atoms with E-state index in [1.54, 1.807) is 0 Å². The molecule has 3 aromatic rings. The molecule has 0 fully saturated rings. The molecular weight excluding hydrogens is 318 g/mol. The van der Waals surface area contributed by atoms with E-state index in [-0.39, 0.29) is 0 Å². The molecule has 0 bridgehead atoms. The molecule has 0 N–H and O–H groups in total. The lowest BCUT2D eigenvalue weighted by atomic mass is 9.91. The van der Waals surface area contributed by atoms with Crippen molar-refractivity contribution in [3.05, 3.63) is 82.9 Å². The van der Waals surface area contributed by atoms with Gasteiger partial charge in [-0.05, 0) is 66.3 Å². The number of nitrogens with zero attached hydrogens (tertiary/aromatic N) is 3. The minimum Gasteiger partial charge on any atom is -0.292 e. The first kappa shape index (κ1) is 15.7. The van der Waals surface area contributed by atoms with Crippen LogP contribution in [-0.2, 0) is 19.4 Å². The second-order valence-electron chi connectivity index (χ2n) is 7.49. The molecule has 2 aliphatic rings. The Balaban J connectivity index is 1.45. The van der Waals surface area contributed by atoms with E-state index in [0.717, 1.165) is 19.4 Å². The second kappa shape index (κ2) is 6.33. The minimum absolute atomic E-state index is 0.390. The molecular formula is C23H23N3. The summed E-state index contributed by atoms with van der Waals surface area (Å²) in [5.41, 5.74) is 9.44. The summed E-state index contributed by atoms with van der Waals surface area (Å²) >= 11 is 0. The van der Waals surface area contributed by atoms with Crippen molar-refractivity contribution in [1.82, 2.24) is 14.9 Å². The molecule has 3 nitrogen and oxygen atoms in total. The van der Waals surface area contributed by atoms with Crippen LogP contribution in [0.4, 0.5) is 0 Å². The summed E-state index contributed by atoms with van der Waals surface area (Å²) in [4.78, 5) is 11.9. The lowest BCUT2D eigenvalue weighted by Crippen LogP contribution is -2.29. The number of benzene rings is 1. The third-order valence-corrected chi connectivity index (χ3v) is 5.92. The molecule has 0 saturated heterocycles. The summed E-state index contributed by atoms with van der Waals surface area (Å²) in [6, 6.07) is 15.6. The molecule has 1 atom stereocenters. The van der Waals surface area contributed by atoms with Crippen molar-refractivity contribution in [1.29, 1.82) is 0 Å². The van der Waals surface area contributed by atoms with Gasteiger partial charge in [0.2, 0.25) is 0 Å². The first-order valence-corrected chi connectivity index (χ1v) is 9.50. The van der Waals surface area contributed by atoms with E-state index in [1.807, 2.05) is 12.4 Å². The second-order valence-corrected chi connectivity index (χ2v) is 7.49. The monoisotopic (exact) mass is 341 g/mol. The van der Waals surface area contributed by atoms with Gasteiger partial charge >= 0.3 is 0 Å². The van der Waals surface area contributed by atoms with E-state index in [2.05, 4.69) is 54.4 Å². The lowest BCUT2D eigenvalue weighted by molar-refractivity contribution is 0.206. The highest BCUT2D eigenvalue weighted by Gasteiger charge is 2.27. The molecule has 1 aromatic carbocycles. The average molecular weight is 341 g/mol. The molecule has 130 valence electrons. The number of hydrogen-bond donors (Lipinski definition) is 0. The van der Waals surface area contributed by atoms with Crippen LogP contribution in [0.15, 0.2) is 54.9 Å².